The van der Waals surface area contributed by atoms with Crippen molar-refractivity contribution in [3.8, 4) is 0 Å². The molecule has 0 spiro atoms. The molecule has 0 saturated heterocycles. The number of benzene rings is 3. The number of nitrogens with one attached hydrogen (secondary N) is 1. The molecule has 3 aromatic carbocycles. The van der Waals surface area contributed by atoms with Gasteiger partial charge in [0.1, 0.15) is 0 Å². The van der Waals surface area contributed by atoms with Gasteiger partial charge in [0.15, 0.2) is 0 Å². The molecule has 0 aliphatic rings. The molecule has 0 fully saturated rings. The van der Waals surface area contributed by atoms with E-state index in [9.17, 15) is 9.59 Å². The Morgan fingerprint density at radius 2 is 1.47 bits per heavy atom. The Kier molecular flexibility index (Phi) is 7.39. The predicted octanol–water partition coefficient (Wildman–Crippen LogP) is 4.90. The van der Waals surface area contributed by atoms with Gasteiger partial charge in [0.2, 0.25) is 5.91 Å². The Hall–Kier alpha value is -3.40. The average molecular weight is 401 g/mol. The number of amides is 2. The molecule has 0 aliphatic carbocycles. The molecule has 3 rings (SSSR count). The zero-order valence-electron chi connectivity index (χ0n) is 17.5. The summed E-state index contributed by atoms with van der Waals surface area (Å²) in [7, 11) is 0. The van der Waals surface area contributed by atoms with Crippen LogP contribution in [-0.4, -0.2) is 23.3 Å². The normalized spacial score (nSPS) is 11.5. The number of rotatable bonds is 8. The van der Waals surface area contributed by atoms with Crippen molar-refractivity contribution in [1.29, 1.82) is 0 Å². The van der Waals surface area contributed by atoms with Crippen LogP contribution in [0.2, 0.25) is 0 Å². The van der Waals surface area contributed by atoms with Crippen LogP contribution in [0.25, 0.3) is 0 Å². The Morgan fingerprint density at radius 1 is 0.867 bits per heavy atom. The highest BCUT2D eigenvalue weighted by Crippen LogP contribution is 2.15. The van der Waals surface area contributed by atoms with E-state index in [4.69, 9.17) is 0 Å². The van der Waals surface area contributed by atoms with Gasteiger partial charge in [0, 0.05) is 25.1 Å². The number of hydrogen-bond donors (Lipinski definition) is 1. The van der Waals surface area contributed by atoms with E-state index in [1.165, 1.54) is 0 Å². The molecule has 4 nitrogen and oxygen atoms in total. The van der Waals surface area contributed by atoms with Gasteiger partial charge in [-0.25, -0.2) is 0 Å². The van der Waals surface area contributed by atoms with Crippen molar-refractivity contribution in [2.75, 3.05) is 6.54 Å². The lowest BCUT2D eigenvalue weighted by atomic mass is 10.1. The number of aryl methyl sites for hydroxylation is 1. The van der Waals surface area contributed by atoms with Gasteiger partial charge in [0.05, 0.1) is 6.04 Å². The maximum atomic E-state index is 13.2. The van der Waals surface area contributed by atoms with Crippen molar-refractivity contribution >= 4 is 11.8 Å². The monoisotopic (exact) mass is 400 g/mol. The van der Waals surface area contributed by atoms with Gasteiger partial charge >= 0.3 is 0 Å². The van der Waals surface area contributed by atoms with Crippen LogP contribution >= 0.6 is 0 Å². The number of nitrogens with zero attached hydrogens (tertiary/aromatic N) is 1. The van der Waals surface area contributed by atoms with E-state index < -0.39 is 0 Å². The second kappa shape index (κ2) is 10.4. The third kappa shape index (κ3) is 5.80. The Bertz CT molecular complexity index is 971. The van der Waals surface area contributed by atoms with Gasteiger partial charge in [0.25, 0.3) is 5.91 Å². The van der Waals surface area contributed by atoms with Crippen molar-refractivity contribution in [3.63, 3.8) is 0 Å². The van der Waals surface area contributed by atoms with Crippen molar-refractivity contribution in [1.82, 2.24) is 10.2 Å². The van der Waals surface area contributed by atoms with Crippen LogP contribution in [0.15, 0.2) is 84.9 Å². The third-order valence-electron chi connectivity index (χ3n) is 5.16. The van der Waals surface area contributed by atoms with Crippen LogP contribution in [0.5, 0.6) is 0 Å². The molecule has 0 saturated carbocycles. The summed E-state index contributed by atoms with van der Waals surface area (Å²) in [6, 6.07) is 27.2. The van der Waals surface area contributed by atoms with Crippen LogP contribution < -0.4 is 5.32 Å². The van der Waals surface area contributed by atoms with Gasteiger partial charge in [-0.1, -0.05) is 78.9 Å². The van der Waals surface area contributed by atoms with Crippen molar-refractivity contribution in [3.05, 3.63) is 107 Å². The maximum Gasteiger partial charge on any atom is 0.254 e. The maximum absolute atomic E-state index is 13.2. The molecule has 0 aromatic heterocycles. The largest absolute Gasteiger partial charge is 0.350 e. The fraction of sp³-hybridized carbons (Fsp3) is 0.231. The molecule has 2 amide bonds. The summed E-state index contributed by atoms with van der Waals surface area (Å²) >= 11 is 0. The quantitative estimate of drug-likeness (QED) is 0.584. The van der Waals surface area contributed by atoms with E-state index >= 15 is 0 Å². The molecule has 0 bridgehead atoms. The standard InChI is InChI=1S/C26H28N2O2/c1-20-11-9-10-16-24(20)26(30)28(19-22-12-5-3-6-13-22)18-17-25(29)27-21(2)23-14-7-4-8-15-23/h3-16,21H,17-19H2,1-2H3,(H,27,29). The average Bonchev–Trinajstić information content (AvgIpc) is 2.77. The predicted molar refractivity (Wildman–Crippen MR) is 120 cm³/mol. The fourth-order valence-corrected chi connectivity index (χ4v) is 3.41. The van der Waals surface area contributed by atoms with Crippen molar-refractivity contribution in [2.24, 2.45) is 0 Å². The lowest BCUT2D eigenvalue weighted by molar-refractivity contribution is -0.121. The minimum atomic E-state index is -0.0756. The number of hydrogen-bond acceptors (Lipinski definition) is 2. The van der Waals surface area contributed by atoms with Crippen LogP contribution in [0.4, 0.5) is 0 Å². The molecule has 3 aromatic rings. The van der Waals surface area contributed by atoms with E-state index in [-0.39, 0.29) is 24.3 Å². The first-order chi connectivity index (χ1) is 14.5. The van der Waals surface area contributed by atoms with Crippen LogP contribution in [0, 0.1) is 6.92 Å². The summed E-state index contributed by atoms with van der Waals surface area (Å²) in [5.74, 6) is -0.122. The van der Waals surface area contributed by atoms with Crippen molar-refractivity contribution in [2.45, 2.75) is 32.9 Å². The fourth-order valence-electron chi connectivity index (χ4n) is 3.41. The topological polar surface area (TPSA) is 49.4 Å². The lowest BCUT2D eigenvalue weighted by Crippen LogP contribution is -2.35. The van der Waals surface area contributed by atoms with Gasteiger partial charge < -0.3 is 10.2 Å². The summed E-state index contributed by atoms with van der Waals surface area (Å²) in [5.41, 5.74) is 3.70. The van der Waals surface area contributed by atoms with E-state index in [1.807, 2.05) is 98.8 Å². The van der Waals surface area contributed by atoms with E-state index in [0.717, 1.165) is 16.7 Å². The zero-order chi connectivity index (χ0) is 21.3. The van der Waals surface area contributed by atoms with E-state index in [2.05, 4.69) is 5.32 Å². The highest BCUT2D eigenvalue weighted by molar-refractivity contribution is 5.95. The summed E-state index contributed by atoms with van der Waals surface area (Å²) in [5, 5.41) is 3.03. The molecular weight excluding hydrogens is 372 g/mol. The number of carbonyl (C=O) groups excluding carboxylic acids is 2. The lowest BCUT2D eigenvalue weighted by Gasteiger charge is -2.24. The van der Waals surface area contributed by atoms with Crippen LogP contribution in [0.3, 0.4) is 0 Å². The Balaban J connectivity index is 1.68. The molecule has 0 aliphatic heterocycles. The molecule has 1 unspecified atom stereocenters. The number of carbonyl (C=O) groups is 2. The van der Waals surface area contributed by atoms with Crippen molar-refractivity contribution < 1.29 is 9.59 Å². The van der Waals surface area contributed by atoms with Gasteiger partial charge in [-0.05, 0) is 36.6 Å². The molecule has 0 heterocycles. The molecule has 1 atom stereocenters. The smallest absolute Gasteiger partial charge is 0.254 e. The SMILES string of the molecule is Cc1ccccc1C(=O)N(CCC(=O)NC(C)c1ccccc1)Cc1ccccc1. The molecular formula is C26H28N2O2. The first-order valence-corrected chi connectivity index (χ1v) is 10.3. The van der Waals surface area contributed by atoms with E-state index in [1.54, 1.807) is 4.90 Å². The zero-order valence-corrected chi connectivity index (χ0v) is 17.5. The third-order valence-corrected chi connectivity index (χ3v) is 5.16. The second-order valence-corrected chi connectivity index (χ2v) is 7.48. The van der Waals surface area contributed by atoms with Gasteiger partial charge in [-0.15, -0.1) is 0 Å². The first kappa shape index (κ1) is 21.3. The van der Waals surface area contributed by atoms with E-state index in [0.29, 0.717) is 18.7 Å². The summed E-state index contributed by atoms with van der Waals surface area (Å²) in [6.45, 7) is 4.72. The Labute approximate surface area is 178 Å². The van der Waals surface area contributed by atoms with Gasteiger partial charge in [-0.2, -0.15) is 0 Å². The minimum absolute atomic E-state index is 0.0548. The van der Waals surface area contributed by atoms with Crippen LogP contribution in [0.1, 0.15) is 46.4 Å². The molecule has 0 radical (unpaired) electrons. The highest BCUT2D eigenvalue weighted by Gasteiger charge is 2.19. The summed E-state index contributed by atoms with van der Waals surface area (Å²) < 4.78 is 0. The Morgan fingerprint density at radius 3 is 2.13 bits per heavy atom. The molecule has 154 valence electrons. The molecule has 30 heavy (non-hydrogen) atoms. The second-order valence-electron chi connectivity index (χ2n) is 7.48. The minimum Gasteiger partial charge on any atom is -0.350 e. The molecule has 1 N–H and O–H groups in total. The summed E-state index contributed by atoms with van der Waals surface area (Å²) in [4.78, 5) is 27.5. The van der Waals surface area contributed by atoms with Crippen LogP contribution in [-0.2, 0) is 11.3 Å². The first-order valence-electron chi connectivity index (χ1n) is 10.3. The molecule has 4 heteroatoms. The summed E-state index contributed by atoms with van der Waals surface area (Å²) in [6.07, 6.45) is 0.252. The highest BCUT2D eigenvalue weighted by atomic mass is 16.2. The van der Waals surface area contributed by atoms with Gasteiger partial charge in [-0.3, -0.25) is 9.59 Å².